The first-order valence-electron chi connectivity index (χ1n) is 4.15. The molecule has 1 aliphatic heterocycles. The molecule has 0 saturated carbocycles. The van der Waals surface area contributed by atoms with Gasteiger partial charge in [-0.05, 0) is 27.2 Å². The third-order valence-corrected chi connectivity index (χ3v) is 4.65. The summed E-state index contributed by atoms with van der Waals surface area (Å²) in [4.78, 5) is 10.9. The van der Waals surface area contributed by atoms with E-state index in [1.807, 2.05) is 13.8 Å². The molecule has 0 bridgehead atoms. The second-order valence-electron chi connectivity index (χ2n) is 3.76. The maximum Gasteiger partial charge on any atom is 0.322 e. The normalized spacial score (nSPS) is 34.8. The van der Waals surface area contributed by atoms with Crippen LogP contribution in [0, 0.1) is 0 Å². The third-order valence-electron chi connectivity index (χ3n) is 2.63. The molecule has 0 radical (unpaired) electrons. The van der Waals surface area contributed by atoms with Crippen LogP contribution in [0.15, 0.2) is 11.1 Å². The fourth-order valence-electron chi connectivity index (χ4n) is 1.39. The molecule has 0 aromatic rings. The van der Waals surface area contributed by atoms with E-state index in [1.165, 1.54) is 0 Å². The SMILES string of the molecule is CC1=C(C)C[C@](C)(C(=O)O)S(=O)C1. The summed E-state index contributed by atoms with van der Waals surface area (Å²) in [6.07, 6.45) is 0.404. The first-order valence-corrected chi connectivity index (χ1v) is 5.47. The standard InChI is InChI=1S/C9H14O3S/c1-6-4-9(3,8(10)11)13(12)5-7(6)2/h4-5H2,1-3H3,(H,10,11)/t9-,13?/m1/s1. The van der Waals surface area contributed by atoms with Gasteiger partial charge in [-0.3, -0.25) is 9.00 Å². The molecule has 1 aliphatic rings. The predicted molar refractivity (Wildman–Crippen MR) is 52.0 cm³/mol. The number of hydrogen-bond acceptors (Lipinski definition) is 2. The molecule has 0 fully saturated rings. The fourth-order valence-corrected chi connectivity index (χ4v) is 2.92. The molecule has 1 heterocycles. The summed E-state index contributed by atoms with van der Waals surface area (Å²) in [7, 11) is -1.28. The molecule has 0 spiro atoms. The van der Waals surface area contributed by atoms with Crippen LogP contribution in [0.1, 0.15) is 27.2 Å². The first-order chi connectivity index (χ1) is 5.88. The molecule has 0 aliphatic carbocycles. The number of aliphatic carboxylic acids is 1. The van der Waals surface area contributed by atoms with Gasteiger partial charge in [0.05, 0.1) is 0 Å². The molecule has 1 unspecified atom stereocenters. The van der Waals surface area contributed by atoms with Crippen LogP contribution in [0.4, 0.5) is 0 Å². The van der Waals surface area contributed by atoms with Gasteiger partial charge in [-0.15, -0.1) is 0 Å². The van der Waals surface area contributed by atoms with E-state index in [0.29, 0.717) is 12.2 Å². The Balaban J connectivity index is 3.07. The van der Waals surface area contributed by atoms with Crippen molar-refractivity contribution in [3.05, 3.63) is 11.1 Å². The van der Waals surface area contributed by atoms with Crippen LogP contribution in [0.5, 0.6) is 0 Å². The minimum absolute atomic E-state index is 0.397. The highest BCUT2D eigenvalue weighted by Crippen LogP contribution is 2.31. The topological polar surface area (TPSA) is 54.4 Å². The molecular formula is C9H14O3S. The van der Waals surface area contributed by atoms with E-state index < -0.39 is 21.5 Å². The van der Waals surface area contributed by atoms with Crippen LogP contribution in [0.2, 0.25) is 0 Å². The van der Waals surface area contributed by atoms with Crippen molar-refractivity contribution >= 4 is 16.8 Å². The molecule has 1 N–H and O–H groups in total. The molecular weight excluding hydrogens is 188 g/mol. The van der Waals surface area contributed by atoms with Gasteiger partial charge < -0.3 is 5.11 Å². The van der Waals surface area contributed by atoms with E-state index in [-0.39, 0.29) is 0 Å². The van der Waals surface area contributed by atoms with E-state index in [2.05, 4.69) is 0 Å². The molecule has 0 aromatic carbocycles. The molecule has 74 valence electrons. The number of allylic oxidation sites excluding steroid dienone is 1. The minimum Gasteiger partial charge on any atom is -0.480 e. The zero-order valence-corrected chi connectivity index (χ0v) is 8.90. The summed E-state index contributed by atoms with van der Waals surface area (Å²) in [6.45, 7) is 5.38. The first kappa shape index (κ1) is 10.4. The number of rotatable bonds is 1. The molecule has 3 nitrogen and oxygen atoms in total. The minimum atomic E-state index is -1.28. The average Bonchev–Trinajstić information content (AvgIpc) is 2.01. The van der Waals surface area contributed by atoms with Crippen molar-refractivity contribution in [3.63, 3.8) is 0 Å². The molecule has 1 rings (SSSR count). The van der Waals surface area contributed by atoms with Crippen molar-refractivity contribution in [2.45, 2.75) is 31.9 Å². The van der Waals surface area contributed by atoms with Crippen LogP contribution in [0.3, 0.4) is 0 Å². The monoisotopic (exact) mass is 202 g/mol. The zero-order valence-electron chi connectivity index (χ0n) is 8.09. The maximum absolute atomic E-state index is 11.6. The van der Waals surface area contributed by atoms with Crippen LogP contribution in [0.25, 0.3) is 0 Å². The smallest absolute Gasteiger partial charge is 0.322 e. The van der Waals surface area contributed by atoms with Crippen molar-refractivity contribution in [2.24, 2.45) is 0 Å². The van der Waals surface area contributed by atoms with E-state index in [9.17, 15) is 9.00 Å². The predicted octanol–water partition coefficient (Wildman–Crippen LogP) is 1.32. The summed E-state index contributed by atoms with van der Waals surface area (Å²) in [5.74, 6) is -0.563. The molecule has 4 heteroatoms. The second kappa shape index (κ2) is 3.25. The van der Waals surface area contributed by atoms with Crippen molar-refractivity contribution in [1.82, 2.24) is 0 Å². The summed E-state index contributed by atoms with van der Waals surface area (Å²) in [5, 5.41) is 8.96. The van der Waals surface area contributed by atoms with Gasteiger partial charge in [0.2, 0.25) is 0 Å². The van der Waals surface area contributed by atoms with Gasteiger partial charge in [0.1, 0.15) is 4.75 Å². The number of carbonyl (C=O) groups is 1. The van der Waals surface area contributed by atoms with Crippen molar-refractivity contribution in [3.8, 4) is 0 Å². The largest absolute Gasteiger partial charge is 0.480 e. The van der Waals surface area contributed by atoms with E-state index >= 15 is 0 Å². The lowest BCUT2D eigenvalue weighted by molar-refractivity contribution is -0.139. The number of carboxylic acid groups (broad SMARTS) is 1. The second-order valence-corrected chi connectivity index (χ2v) is 5.64. The Kier molecular flexibility index (Phi) is 2.61. The maximum atomic E-state index is 11.6. The Morgan fingerprint density at radius 3 is 2.46 bits per heavy atom. The Bertz CT molecular complexity index is 306. The zero-order chi connectivity index (χ0) is 10.2. The van der Waals surface area contributed by atoms with Gasteiger partial charge in [-0.25, -0.2) is 0 Å². The Hall–Kier alpha value is -0.640. The van der Waals surface area contributed by atoms with Gasteiger partial charge in [-0.2, -0.15) is 0 Å². The molecule has 0 amide bonds. The third kappa shape index (κ3) is 1.68. The Morgan fingerprint density at radius 2 is 2.00 bits per heavy atom. The fraction of sp³-hybridized carbons (Fsp3) is 0.667. The summed E-state index contributed by atoms with van der Waals surface area (Å²) < 4.78 is 10.5. The van der Waals surface area contributed by atoms with Gasteiger partial charge >= 0.3 is 5.97 Å². The summed E-state index contributed by atoms with van der Waals surface area (Å²) >= 11 is 0. The lowest BCUT2D eigenvalue weighted by atomic mass is 9.98. The molecule has 2 atom stereocenters. The quantitative estimate of drug-likeness (QED) is 0.652. The molecule has 13 heavy (non-hydrogen) atoms. The van der Waals surface area contributed by atoms with Crippen molar-refractivity contribution < 1.29 is 14.1 Å². The van der Waals surface area contributed by atoms with Crippen LogP contribution < -0.4 is 0 Å². The van der Waals surface area contributed by atoms with E-state index in [0.717, 1.165) is 11.1 Å². The highest BCUT2D eigenvalue weighted by Gasteiger charge is 2.42. The lowest BCUT2D eigenvalue weighted by Gasteiger charge is -2.29. The van der Waals surface area contributed by atoms with Gasteiger partial charge in [0, 0.05) is 16.6 Å². The highest BCUT2D eigenvalue weighted by molar-refractivity contribution is 7.87. The number of carboxylic acids is 1. The van der Waals surface area contributed by atoms with Gasteiger partial charge in [0.25, 0.3) is 0 Å². The van der Waals surface area contributed by atoms with Crippen LogP contribution in [-0.4, -0.2) is 25.8 Å². The van der Waals surface area contributed by atoms with Crippen molar-refractivity contribution in [2.75, 3.05) is 5.75 Å². The average molecular weight is 202 g/mol. The van der Waals surface area contributed by atoms with E-state index in [1.54, 1.807) is 6.92 Å². The molecule has 0 aromatic heterocycles. The Labute approximate surface area is 80.3 Å². The van der Waals surface area contributed by atoms with Crippen LogP contribution >= 0.6 is 0 Å². The lowest BCUT2D eigenvalue weighted by Crippen LogP contribution is -2.43. The number of hydrogen-bond donors (Lipinski definition) is 1. The Morgan fingerprint density at radius 1 is 1.46 bits per heavy atom. The summed E-state index contributed by atoms with van der Waals surface area (Å²) in [6, 6.07) is 0. The van der Waals surface area contributed by atoms with Crippen molar-refractivity contribution in [1.29, 1.82) is 0 Å². The summed E-state index contributed by atoms with van der Waals surface area (Å²) in [5.41, 5.74) is 2.13. The van der Waals surface area contributed by atoms with Gasteiger partial charge in [0.15, 0.2) is 0 Å². The highest BCUT2D eigenvalue weighted by atomic mass is 32.2. The van der Waals surface area contributed by atoms with Gasteiger partial charge in [-0.1, -0.05) is 11.1 Å². The van der Waals surface area contributed by atoms with Crippen LogP contribution in [-0.2, 0) is 15.6 Å². The van der Waals surface area contributed by atoms with E-state index in [4.69, 9.17) is 5.11 Å². The molecule has 0 saturated heterocycles.